The van der Waals surface area contributed by atoms with Crippen LogP contribution in [0.5, 0.6) is 0 Å². The number of hydrogen-bond donors (Lipinski definition) is 1. The van der Waals surface area contributed by atoms with Crippen molar-refractivity contribution in [3.63, 3.8) is 0 Å². The average Bonchev–Trinajstić information content (AvgIpc) is 2.58. The minimum atomic E-state index is -0.608. The molecular formula is C19H21BrN2O3. The normalized spacial score (nSPS) is 11.1. The first-order chi connectivity index (χ1) is 12.1. The first kappa shape index (κ1) is 19.0. The predicted octanol–water partition coefficient (Wildman–Crippen LogP) is 5.15. The van der Waals surface area contributed by atoms with Crippen LogP contribution in [-0.2, 0) is 22.4 Å². The summed E-state index contributed by atoms with van der Waals surface area (Å²) in [6, 6.07) is 15.3. The Bertz CT molecular complexity index is 730. The van der Waals surface area contributed by atoms with E-state index in [2.05, 4.69) is 45.5 Å². The van der Waals surface area contributed by atoms with Crippen LogP contribution in [-0.4, -0.2) is 19.1 Å². The number of aryl methyl sites for hydroxylation is 1. The smallest absolute Gasteiger partial charge is 0.396 e. The van der Waals surface area contributed by atoms with E-state index in [4.69, 9.17) is 9.57 Å². The van der Waals surface area contributed by atoms with E-state index in [1.54, 1.807) is 12.1 Å². The lowest BCUT2D eigenvalue weighted by molar-refractivity contribution is 0.186. The molecule has 0 atom stereocenters. The second-order valence-electron chi connectivity index (χ2n) is 5.44. The van der Waals surface area contributed by atoms with E-state index >= 15 is 0 Å². The van der Waals surface area contributed by atoms with Crippen LogP contribution in [0.3, 0.4) is 0 Å². The van der Waals surface area contributed by atoms with Gasteiger partial charge in [-0.3, -0.25) is 5.32 Å². The molecule has 25 heavy (non-hydrogen) atoms. The Morgan fingerprint density at radius 2 is 1.88 bits per heavy atom. The highest BCUT2D eigenvalue weighted by molar-refractivity contribution is 9.10. The molecule has 132 valence electrons. The average molecular weight is 405 g/mol. The van der Waals surface area contributed by atoms with Crippen molar-refractivity contribution in [3.05, 3.63) is 64.1 Å². The number of nitrogens with zero attached hydrogens (tertiary/aromatic N) is 1. The lowest BCUT2D eigenvalue weighted by atomic mass is 10.1. The molecule has 1 N–H and O–H groups in total. The second kappa shape index (κ2) is 9.84. The maximum atomic E-state index is 12.1. The second-order valence-corrected chi connectivity index (χ2v) is 6.35. The number of hydrogen-bond acceptors (Lipinski definition) is 4. The molecule has 0 aliphatic heterocycles. The van der Waals surface area contributed by atoms with Gasteiger partial charge in [-0.1, -0.05) is 58.7 Å². The fourth-order valence-electron chi connectivity index (χ4n) is 2.33. The minimum absolute atomic E-state index is 0.200. The largest absolute Gasteiger partial charge is 0.418 e. The summed E-state index contributed by atoms with van der Waals surface area (Å²) in [5.41, 5.74) is 2.89. The van der Waals surface area contributed by atoms with Crippen molar-refractivity contribution in [2.45, 2.75) is 26.2 Å². The number of nitrogens with one attached hydrogen (secondary N) is 1. The van der Waals surface area contributed by atoms with Gasteiger partial charge in [0.2, 0.25) is 5.90 Å². The maximum Gasteiger partial charge on any atom is 0.418 e. The molecule has 2 aromatic carbocycles. The van der Waals surface area contributed by atoms with Gasteiger partial charge in [-0.05, 0) is 41.8 Å². The molecule has 0 saturated carbocycles. The fourth-order valence-corrected chi connectivity index (χ4v) is 2.60. The number of oxime groups is 1. The van der Waals surface area contributed by atoms with Crippen molar-refractivity contribution in [1.82, 2.24) is 0 Å². The van der Waals surface area contributed by atoms with E-state index < -0.39 is 6.09 Å². The van der Waals surface area contributed by atoms with Crippen molar-refractivity contribution >= 4 is 33.6 Å². The third-order valence-corrected chi connectivity index (χ3v) is 3.91. The topological polar surface area (TPSA) is 59.9 Å². The van der Waals surface area contributed by atoms with Crippen molar-refractivity contribution in [2.24, 2.45) is 5.16 Å². The molecule has 0 aliphatic rings. The number of benzene rings is 2. The number of carbonyl (C=O) groups is 1. The van der Waals surface area contributed by atoms with E-state index in [0.29, 0.717) is 12.1 Å². The highest BCUT2D eigenvalue weighted by Gasteiger charge is 2.11. The highest BCUT2D eigenvalue weighted by Crippen LogP contribution is 2.15. The van der Waals surface area contributed by atoms with Crippen LogP contribution in [0.25, 0.3) is 0 Å². The molecule has 1 amide bonds. The Kier molecular flexibility index (Phi) is 7.47. The molecule has 0 heterocycles. The van der Waals surface area contributed by atoms with Gasteiger partial charge in [0, 0.05) is 10.2 Å². The monoisotopic (exact) mass is 404 g/mol. The summed E-state index contributed by atoms with van der Waals surface area (Å²) < 4.78 is 6.22. The Morgan fingerprint density at radius 1 is 1.16 bits per heavy atom. The van der Waals surface area contributed by atoms with E-state index in [-0.39, 0.29) is 5.90 Å². The van der Waals surface area contributed by atoms with Crippen molar-refractivity contribution in [1.29, 1.82) is 0 Å². The van der Waals surface area contributed by atoms with E-state index in [9.17, 15) is 4.79 Å². The van der Waals surface area contributed by atoms with Crippen LogP contribution < -0.4 is 5.32 Å². The lowest BCUT2D eigenvalue weighted by Gasteiger charge is -2.09. The number of ether oxygens (including phenoxy) is 1. The van der Waals surface area contributed by atoms with Gasteiger partial charge in [-0.25, -0.2) is 4.79 Å². The first-order valence-corrected chi connectivity index (χ1v) is 8.82. The molecule has 2 rings (SSSR count). The third kappa shape index (κ3) is 6.58. The minimum Gasteiger partial charge on any atom is -0.396 e. The third-order valence-electron chi connectivity index (χ3n) is 3.38. The first-order valence-electron chi connectivity index (χ1n) is 8.03. The van der Waals surface area contributed by atoms with E-state index in [1.165, 1.54) is 12.7 Å². The number of halogens is 1. The molecule has 0 saturated heterocycles. The van der Waals surface area contributed by atoms with Crippen LogP contribution >= 0.6 is 15.9 Å². The highest BCUT2D eigenvalue weighted by atomic mass is 79.9. The van der Waals surface area contributed by atoms with Gasteiger partial charge in [0.15, 0.2) is 0 Å². The number of rotatable bonds is 6. The van der Waals surface area contributed by atoms with E-state index in [1.807, 2.05) is 24.3 Å². The van der Waals surface area contributed by atoms with Crippen LogP contribution in [0.4, 0.5) is 10.5 Å². The van der Waals surface area contributed by atoms with Gasteiger partial charge in [-0.15, -0.1) is 0 Å². The Hall–Kier alpha value is -2.34. The summed E-state index contributed by atoms with van der Waals surface area (Å²) >= 11 is 3.35. The zero-order chi connectivity index (χ0) is 18.1. The van der Waals surface area contributed by atoms with Crippen molar-refractivity contribution in [3.8, 4) is 0 Å². The van der Waals surface area contributed by atoms with Gasteiger partial charge in [-0.2, -0.15) is 0 Å². The Labute approximate surface area is 156 Å². The maximum absolute atomic E-state index is 12.1. The van der Waals surface area contributed by atoms with Crippen LogP contribution in [0.2, 0.25) is 0 Å². The summed E-state index contributed by atoms with van der Waals surface area (Å²) in [4.78, 5) is 16.9. The zero-order valence-electron chi connectivity index (χ0n) is 14.3. The van der Waals surface area contributed by atoms with Gasteiger partial charge in [0.1, 0.15) is 7.11 Å². The van der Waals surface area contributed by atoms with Crippen LogP contribution in [0, 0.1) is 0 Å². The quantitative estimate of drug-likeness (QED) is 0.411. The number of amides is 1. The Morgan fingerprint density at radius 3 is 2.56 bits per heavy atom. The van der Waals surface area contributed by atoms with Crippen molar-refractivity contribution < 1.29 is 14.4 Å². The molecular weight excluding hydrogens is 384 g/mol. The summed E-state index contributed by atoms with van der Waals surface area (Å²) in [5.74, 6) is 0.200. The molecule has 6 heteroatoms. The molecule has 0 aromatic heterocycles. The number of carbonyl (C=O) groups excluding carboxylic acids is 1. The van der Waals surface area contributed by atoms with Gasteiger partial charge in [0.05, 0.1) is 6.42 Å². The molecule has 0 fully saturated rings. The van der Waals surface area contributed by atoms with Gasteiger partial charge < -0.3 is 9.57 Å². The summed E-state index contributed by atoms with van der Waals surface area (Å²) in [7, 11) is 1.42. The predicted molar refractivity (Wildman–Crippen MR) is 103 cm³/mol. The van der Waals surface area contributed by atoms with Gasteiger partial charge >= 0.3 is 6.09 Å². The lowest BCUT2D eigenvalue weighted by Crippen LogP contribution is -2.20. The van der Waals surface area contributed by atoms with Crippen LogP contribution in [0.1, 0.15) is 24.5 Å². The van der Waals surface area contributed by atoms with Crippen LogP contribution in [0.15, 0.2) is 58.2 Å². The molecule has 0 bridgehead atoms. The van der Waals surface area contributed by atoms with Crippen molar-refractivity contribution in [2.75, 3.05) is 12.4 Å². The zero-order valence-corrected chi connectivity index (χ0v) is 15.9. The standard InChI is InChI=1S/C19H21BrN2O3/c1-3-5-14-6-4-7-15(12-14)13-18(22-24-2)25-19(23)21-17-10-8-16(20)9-11-17/h4,6-12H,3,5,13H2,1-2H3,(H,21,23). The molecule has 0 aliphatic carbocycles. The number of anilines is 1. The van der Waals surface area contributed by atoms with Gasteiger partial charge in [0.25, 0.3) is 0 Å². The summed E-state index contributed by atoms with van der Waals surface area (Å²) in [6.07, 6.45) is 1.85. The van der Waals surface area contributed by atoms with E-state index in [0.717, 1.165) is 22.9 Å². The fraction of sp³-hybridized carbons (Fsp3) is 0.263. The summed E-state index contributed by atoms with van der Waals surface area (Å²) in [6.45, 7) is 2.14. The molecule has 0 unspecified atom stereocenters. The molecule has 0 spiro atoms. The molecule has 2 aromatic rings. The Balaban J connectivity index is 2.00. The molecule has 5 nitrogen and oxygen atoms in total. The molecule has 0 radical (unpaired) electrons. The SMILES string of the molecule is CCCc1cccc(CC(=NOC)OC(=O)Nc2ccc(Br)cc2)c1. The summed E-state index contributed by atoms with van der Waals surface area (Å²) in [5, 5.41) is 6.47.